The first-order valence-electron chi connectivity index (χ1n) is 12.4. The molecule has 0 unspecified atom stereocenters. The van der Waals surface area contributed by atoms with E-state index in [0.717, 1.165) is 38.5 Å². The second-order valence-electron chi connectivity index (χ2n) is 9.37. The molecule has 2 aliphatic rings. The van der Waals surface area contributed by atoms with Crippen LogP contribution in [0.2, 0.25) is 0 Å². The molecule has 0 spiro atoms. The first-order chi connectivity index (χ1) is 15.6. The van der Waals surface area contributed by atoms with Crippen molar-refractivity contribution in [3.8, 4) is 0 Å². The third kappa shape index (κ3) is 7.19. The Bertz CT molecular complexity index is 806. The highest BCUT2D eigenvalue weighted by atomic mass is 16.5. The molecule has 0 radical (unpaired) electrons. The molecule has 0 bridgehead atoms. The van der Waals surface area contributed by atoms with E-state index in [0.29, 0.717) is 25.6 Å². The van der Waals surface area contributed by atoms with E-state index in [1.54, 1.807) is 24.1 Å². The fourth-order valence-corrected chi connectivity index (χ4v) is 4.87. The summed E-state index contributed by atoms with van der Waals surface area (Å²) in [5, 5.41) is 6.00. The van der Waals surface area contributed by atoms with Crippen LogP contribution in [0.4, 0.5) is 0 Å². The average molecular weight is 446 g/mol. The first-order valence-corrected chi connectivity index (χ1v) is 12.4. The average Bonchev–Trinajstić information content (AvgIpc) is 2.79. The second-order valence-corrected chi connectivity index (χ2v) is 9.37. The molecule has 3 rings (SSSR count). The van der Waals surface area contributed by atoms with Crippen LogP contribution in [0.5, 0.6) is 0 Å². The number of hydrogen-bond acceptors (Lipinski definition) is 4. The van der Waals surface area contributed by atoms with Crippen molar-refractivity contribution in [3.05, 3.63) is 33.7 Å². The van der Waals surface area contributed by atoms with E-state index in [1.807, 2.05) is 0 Å². The number of ether oxygens (including phenoxy) is 1. The van der Waals surface area contributed by atoms with Crippen molar-refractivity contribution >= 4 is 11.8 Å². The molecule has 2 aliphatic carbocycles. The third-order valence-corrected chi connectivity index (χ3v) is 6.84. The Morgan fingerprint density at radius 2 is 1.47 bits per heavy atom. The molecule has 2 N–H and O–H groups in total. The maximum absolute atomic E-state index is 13.1. The van der Waals surface area contributed by atoms with E-state index < -0.39 is 11.3 Å². The van der Waals surface area contributed by atoms with Crippen LogP contribution in [0.1, 0.15) is 97.8 Å². The fourth-order valence-electron chi connectivity index (χ4n) is 4.87. The third-order valence-electron chi connectivity index (χ3n) is 6.84. The van der Waals surface area contributed by atoms with Gasteiger partial charge in [-0.1, -0.05) is 51.4 Å². The molecule has 2 amide bonds. The Hall–Kier alpha value is -2.15. The lowest BCUT2D eigenvalue weighted by atomic mass is 9.89. The first kappa shape index (κ1) is 24.5. The molecule has 178 valence electrons. The summed E-state index contributed by atoms with van der Waals surface area (Å²) in [5.41, 5.74) is -0.432. The van der Waals surface area contributed by atoms with Gasteiger partial charge < -0.3 is 19.9 Å². The monoisotopic (exact) mass is 445 g/mol. The molecule has 32 heavy (non-hydrogen) atoms. The van der Waals surface area contributed by atoms with Crippen LogP contribution in [-0.4, -0.2) is 42.7 Å². The van der Waals surface area contributed by atoms with Crippen molar-refractivity contribution in [3.63, 3.8) is 0 Å². The quantitative estimate of drug-likeness (QED) is 0.639. The summed E-state index contributed by atoms with van der Waals surface area (Å²) >= 11 is 0. The van der Waals surface area contributed by atoms with Crippen LogP contribution in [0.25, 0.3) is 0 Å². The minimum absolute atomic E-state index is 0.0298. The number of hydrogen-bond donors (Lipinski definition) is 2. The SMILES string of the molecule is COCCn1cc(C(=O)NCC2CCCCC2)c(=O)c(C(=O)NC2CCCCCCC2)c1. The summed E-state index contributed by atoms with van der Waals surface area (Å²) < 4.78 is 6.87. The van der Waals surface area contributed by atoms with Crippen LogP contribution in [0, 0.1) is 5.92 Å². The molecule has 2 fully saturated rings. The number of pyridine rings is 1. The molecule has 1 aromatic heterocycles. The molecule has 0 aliphatic heterocycles. The van der Waals surface area contributed by atoms with Crippen LogP contribution < -0.4 is 16.1 Å². The van der Waals surface area contributed by atoms with Gasteiger partial charge in [-0.15, -0.1) is 0 Å². The smallest absolute Gasteiger partial charge is 0.256 e. The van der Waals surface area contributed by atoms with E-state index in [2.05, 4.69) is 10.6 Å². The Labute approximate surface area is 191 Å². The van der Waals surface area contributed by atoms with Gasteiger partial charge in [-0.05, 0) is 31.6 Å². The van der Waals surface area contributed by atoms with Crippen molar-refractivity contribution in [1.29, 1.82) is 0 Å². The van der Waals surface area contributed by atoms with Crippen molar-refractivity contribution in [1.82, 2.24) is 15.2 Å². The van der Waals surface area contributed by atoms with E-state index >= 15 is 0 Å². The summed E-state index contributed by atoms with van der Waals surface area (Å²) in [7, 11) is 1.60. The molecule has 0 saturated heterocycles. The molecule has 7 heteroatoms. The van der Waals surface area contributed by atoms with Gasteiger partial charge in [0.2, 0.25) is 5.43 Å². The van der Waals surface area contributed by atoms with Gasteiger partial charge in [0.1, 0.15) is 11.1 Å². The number of nitrogens with one attached hydrogen (secondary N) is 2. The predicted molar refractivity (Wildman–Crippen MR) is 125 cm³/mol. The van der Waals surface area contributed by atoms with Crippen LogP contribution in [0.15, 0.2) is 17.2 Å². The highest BCUT2D eigenvalue weighted by molar-refractivity contribution is 5.99. The number of methoxy groups -OCH3 is 1. The lowest BCUT2D eigenvalue weighted by molar-refractivity contribution is 0.0928. The molecule has 0 aromatic carbocycles. The molecule has 2 saturated carbocycles. The maximum Gasteiger partial charge on any atom is 0.256 e. The van der Waals surface area contributed by atoms with Gasteiger partial charge >= 0.3 is 0 Å². The Morgan fingerprint density at radius 1 is 0.906 bits per heavy atom. The standard InChI is InChI=1S/C25H39N3O4/c1-32-15-14-28-17-21(24(30)26-16-19-10-6-5-7-11-19)23(29)22(18-28)25(31)27-20-12-8-3-2-4-9-13-20/h17-20H,2-16H2,1H3,(H,26,30)(H,27,31). The van der Waals surface area contributed by atoms with Crippen molar-refractivity contribution in [2.45, 2.75) is 89.6 Å². The Morgan fingerprint density at radius 3 is 2.12 bits per heavy atom. The number of carbonyl (C=O) groups is 2. The van der Waals surface area contributed by atoms with Crippen LogP contribution in [-0.2, 0) is 11.3 Å². The normalized spacial score (nSPS) is 18.5. The van der Waals surface area contributed by atoms with Crippen molar-refractivity contribution < 1.29 is 14.3 Å². The highest BCUT2D eigenvalue weighted by Crippen LogP contribution is 2.22. The van der Waals surface area contributed by atoms with E-state index in [1.165, 1.54) is 38.5 Å². The number of nitrogens with zero attached hydrogens (tertiary/aromatic N) is 1. The number of carbonyl (C=O) groups excluding carboxylic acids is 2. The molecule has 1 aromatic rings. The van der Waals surface area contributed by atoms with Crippen LogP contribution >= 0.6 is 0 Å². The number of rotatable bonds is 8. The summed E-state index contributed by atoms with van der Waals surface area (Å²) in [5.74, 6) is -0.310. The Balaban J connectivity index is 1.75. The van der Waals surface area contributed by atoms with Gasteiger partial charge in [-0.25, -0.2) is 0 Å². The van der Waals surface area contributed by atoms with Crippen molar-refractivity contribution in [2.24, 2.45) is 5.92 Å². The Kier molecular flexibility index (Phi) is 9.78. The van der Waals surface area contributed by atoms with Crippen molar-refractivity contribution in [2.75, 3.05) is 20.3 Å². The fraction of sp³-hybridized carbons (Fsp3) is 0.720. The second kappa shape index (κ2) is 12.8. The van der Waals surface area contributed by atoms with Crippen LogP contribution in [0.3, 0.4) is 0 Å². The topological polar surface area (TPSA) is 89.4 Å². The van der Waals surface area contributed by atoms with Gasteiger partial charge in [0.05, 0.1) is 6.61 Å². The largest absolute Gasteiger partial charge is 0.383 e. The lowest BCUT2D eigenvalue weighted by Gasteiger charge is -2.22. The summed E-state index contributed by atoms with van der Waals surface area (Å²) in [4.78, 5) is 39.1. The lowest BCUT2D eigenvalue weighted by Crippen LogP contribution is -2.40. The summed E-state index contributed by atoms with van der Waals surface area (Å²) in [6.07, 6.45) is 16.7. The van der Waals surface area contributed by atoms with Gasteiger partial charge in [-0.3, -0.25) is 14.4 Å². The zero-order valence-corrected chi connectivity index (χ0v) is 19.5. The minimum Gasteiger partial charge on any atom is -0.383 e. The molecule has 0 atom stereocenters. The maximum atomic E-state index is 13.1. The van der Waals surface area contributed by atoms with Gasteiger partial charge in [0.15, 0.2) is 0 Å². The predicted octanol–water partition coefficient (Wildman–Crippen LogP) is 3.65. The number of aromatic nitrogens is 1. The van der Waals surface area contributed by atoms with E-state index in [-0.39, 0.29) is 23.1 Å². The summed E-state index contributed by atoms with van der Waals surface area (Å²) in [6, 6.07) is 0.0819. The molecule has 7 nitrogen and oxygen atoms in total. The molecular formula is C25H39N3O4. The zero-order chi connectivity index (χ0) is 22.8. The molecule has 1 heterocycles. The number of amides is 2. The minimum atomic E-state index is -0.497. The zero-order valence-electron chi connectivity index (χ0n) is 19.5. The summed E-state index contributed by atoms with van der Waals surface area (Å²) in [6.45, 7) is 1.47. The van der Waals surface area contributed by atoms with Gasteiger partial charge in [0, 0.05) is 38.6 Å². The highest BCUT2D eigenvalue weighted by Gasteiger charge is 2.23. The van der Waals surface area contributed by atoms with Gasteiger partial charge in [-0.2, -0.15) is 0 Å². The van der Waals surface area contributed by atoms with E-state index in [4.69, 9.17) is 4.74 Å². The van der Waals surface area contributed by atoms with E-state index in [9.17, 15) is 14.4 Å². The molecular weight excluding hydrogens is 406 g/mol. The van der Waals surface area contributed by atoms with Gasteiger partial charge in [0.25, 0.3) is 11.8 Å².